The van der Waals surface area contributed by atoms with Gasteiger partial charge in [0, 0.05) is 6.54 Å². The zero-order valence-corrected chi connectivity index (χ0v) is 10.8. The normalized spacial score (nSPS) is 10.2. The van der Waals surface area contributed by atoms with Crippen LogP contribution in [-0.4, -0.2) is 19.0 Å². The van der Waals surface area contributed by atoms with Crippen LogP contribution in [0.3, 0.4) is 0 Å². The number of aryl methyl sites for hydroxylation is 1. The highest BCUT2D eigenvalue weighted by Gasteiger charge is 2.00. The van der Waals surface area contributed by atoms with E-state index in [0.29, 0.717) is 13.1 Å². The Morgan fingerprint density at radius 2 is 1.76 bits per heavy atom. The first-order valence-corrected chi connectivity index (χ1v) is 6.31. The summed E-state index contributed by atoms with van der Waals surface area (Å²) in [6, 6.07) is 8.35. The van der Waals surface area contributed by atoms with Crippen molar-refractivity contribution >= 4 is 5.91 Å². The Labute approximate surface area is 104 Å². The van der Waals surface area contributed by atoms with Crippen molar-refractivity contribution in [2.75, 3.05) is 13.1 Å². The van der Waals surface area contributed by atoms with E-state index in [4.69, 9.17) is 0 Å². The van der Waals surface area contributed by atoms with Crippen molar-refractivity contribution in [1.29, 1.82) is 0 Å². The summed E-state index contributed by atoms with van der Waals surface area (Å²) in [6.45, 7) is 6.12. The average molecular weight is 234 g/mol. The highest BCUT2D eigenvalue weighted by molar-refractivity contribution is 5.77. The van der Waals surface area contributed by atoms with E-state index >= 15 is 0 Å². The predicted octanol–water partition coefficient (Wildman–Crippen LogP) is 1.86. The minimum Gasteiger partial charge on any atom is -0.351 e. The topological polar surface area (TPSA) is 41.1 Å². The molecule has 1 aromatic rings. The van der Waals surface area contributed by atoms with Crippen molar-refractivity contribution in [1.82, 2.24) is 10.6 Å². The van der Waals surface area contributed by atoms with E-state index in [1.807, 2.05) is 0 Å². The van der Waals surface area contributed by atoms with Gasteiger partial charge in [-0.25, -0.2) is 0 Å². The van der Waals surface area contributed by atoms with Gasteiger partial charge in [-0.3, -0.25) is 4.79 Å². The van der Waals surface area contributed by atoms with Crippen LogP contribution >= 0.6 is 0 Å². The van der Waals surface area contributed by atoms with Gasteiger partial charge < -0.3 is 10.6 Å². The molecule has 0 fully saturated rings. The standard InChI is InChI=1S/C14H22N2O/c1-3-9-15-11-14(17)16-10-13-7-5-12(4-2)6-8-13/h5-8,15H,3-4,9-11H2,1-2H3,(H,16,17). The Balaban J connectivity index is 2.27. The number of nitrogens with one attached hydrogen (secondary N) is 2. The van der Waals surface area contributed by atoms with Crippen molar-refractivity contribution in [2.45, 2.75) is 33.2 Å². The monoisotopic (exact) mass is 234 g/mol. The molecular weight excluding hydrogens is 212 g/mol. The van der Waals surface area contributed by atoms with Gasteiger partial charge in [0.05, 0.1) is 6.54 Å². The largest absolute Gasteiger partial charge is 0.351 e. The first-order valence-electron chi connectivity index (χ1n) is 6.31. The molecule has 3 heteroatoms. The average Bonchev–Trinajstić information content (AvgIpc) is 2.37. The minimum atomic E-state index is 0.0537. The fourth-order valence-corrected chi connectivity index (χ4v) is 1.53. The van der Waals surface area contributed by atoms with Crippen LogP contribution < -0.4 is 10.6 Å². The molecule has 0 atom stereocenters. The number of benzene rings is 1. The molecule has 3 nitrogen and oxygen atoms in total. The van der Waals surface area contributed by atoms with Gasteiger partial charge in [0.2, 0.25) is 5.91 Å². The van der Waals surface area contributed by atoms with Gasteiger partial charge in [-0.05, 0) is 30.5 Å². The van der Waals surface area contributed by atoms with Crippen LogP contribution in [-0.2, 0) is 17.8 Å². The van der Waals surface area contributed by atoms with E-state index in [1.165, 1.54) is 5.56 Å². The third-order valence-corrected chi connectivity index (χ3v) is 2.63. The first kappa shape index (κ1) is 13.7. The molecule has 0 unspecified atom stereocenters. The van der Waals surface area contributed by atoms with E-state index in [-0.39, 0.29) is 5.91 Å². The van der Waals surface area contributed by atoms with Gasteiger partial charge in [0.1, 0.15) is 0 Å². The Morgan fingerprint density at radius 3 is 2.35 bits per heavy atom. The van der Waals surface area contributed by atoms with Crippen LogP contribution in [0.4, 0.5) is 0 Å². The smallest absolute Gasteiger partial charge is 0.234 e. The zero-order chi connectivity index (χ0) is 12.5. The Kier molecular flexibility index (Phi) is 6.33. The number of carbonyl (C=O) groups excluding carboxylic acids is 1. The van der Waals surface area contributed by atoms with E-state index in [2.05, 4.69) is 48.7 Å². The first-order chi connectivity index (χ1) is 8.26. The quantitative estimate of drug-likeness (QED) is 0.707. The van der Waals surface area contributed by atoms with Gasteiger partial charge >= 0.3 is 0 Å². The lowest BCUT2D eigenvalue weighted by atomic mass is 10.1. The summed E-state index contributed by atoms with van der Waals surface area (Å²) in [5.74, 6) is 0.0537. The highest BCUT2D eigenvalue weighted by Crippen LogP contribution is 2.04. The van der Waals surface area contributed by atoms with E-state index in [1.54, 1.807) is 0 Å². The maximum Gasteiger partial charge on any atom is 0.234 e. The molecule has 0 saturated heterocycles. The van der Waals surface area contributed by atoms with E-state index in [9.17, 15) is 4.79 Å². The van der Waals surface area contributed by atoms with Crippen molar-refractivity contribution in [2.24, 2.45) is 0 Å². The van der Waals surface area contributed by atoms with Gasteiger partial charge in [-0.1, -0.05) is 38.1 Å². The molecule has 0 heterocycles. The lowest BCUT2D eigenvalue weighted by Crippen LogP contribution is -2.33. The second kappa shape index (κ2) is 7.85. The van der Waals surface area contributed by atoms with E-state index in [0.717, 1.165) is 24.9 Å². The van der Waals surface area contributed by atoms with Crippen LogP contribution in [0.15, 0.2) is 24.3 Å². The molecule has 0 aliphatic rings. The lowest BCUT2D eigenvalue weighted by molar-refractivity contribution is -0.120. The second-order valence-corrected chi connectivity index (χ2v) is 4.12. The predicted molar refractivity (Wildman–Crippen MR) is 70.8 cm³/mol. The van der Waals surface area contributed by atoms with E-state index < -0.39 is 0 Å². The fourth-order valence-electron chi connectivity index (χ4n) is 1.53. The van der Waals surface area contributed by atoms with Crippen LogP contribution in [0.2, 0.25) is 0 Å². The summed E-state index contributed by atoms with van der Waals surface area (Å²) in [7, 11) is 0. The van der Waals surface area contributed by atoms with Crippen molar-refractivity contribution in [3.05, 3.63) is 35.4 Å². The molecule has 1 aromatic carbocycles. The third-order valence-electron chi connectivity index (χ3n) is 2.63. The fraction of sp³-hybridized carbons (Fsp3) is 0.500. The molecule has 0 saturated carbocycles. The molecule has 0 spiro atoms. The van der Waals surface area contributed by atoms with Crippen LogP contribution in [0.25, 0.3) is 0 Å². The Bertz CT molecular complexity index is 333. The molecule has 0 radical (unpaired) electrons. The molecular formula is C14H22N2O. The number of hydrogen-bond acceptors (Lipinski definition) is 2. The molecule has 0 bridgehead atoms. The maximum absolute atomic E-state index is 11.4. The molecule has 0 aromatic heterocycles. The number of amides is 1. The van der Waals surface area contributed by atoms with Crippen LogP contribution in [0.1, 0.15) is 31.4 Å². The number of hydrogen-bond donors (Lipinski definition) is 2. The number of rotatable bonds is 7. The summed E-state index contributed by atoms with van der Waals surface area (Å²) in [6.07, 6.45) is 2.10. The van der Waals surface area contributed by atoms with Gasteiger partial charge in [0.25, 0.3) is 0 Å². The van der Waals surface area contributed by atoms with Crippen molar-refractivity contribution in [3.63, 3.8) is 0 Å². The molecule has 1 amide bonds. The SMILES string of the molecule is CCCNCC(=O)NCc1ccc(CC)cc1. The molecule has 2 N–H and O–H groups in total. The summed E-state index contributed by atoms with van der Waals surface area (Å²) in [4.78, 5) is 11.4. The van der Waals surface area contributed by atoms with Gasteiger partial charge in [0.15, 0.2) is 0 Å². The van der Waals surface area contributed by atoms with Crippen molar-refractivity contribution < 1.29 is 4.79 Å². The summed E-state index contributed by atoms with van der Waals surface area (Å²) in [5, 5.41) is 5.97. The Hall–Kier alpha value is -1.35. The summed E-state index contributed by atoms with van der Waals surface area (Å²) < 4.78 is 0. The van der Waals surface area contributed by atoms with Crippen LogP contribution in [0.5, 0.6) is 0 Å². The van der Waals surface area contributed by atoms with Crippen LogP contribution in [0, 0.1) is 0 Å². The second-order valence-electron chi connectivity index (χ2n) is 4.12. The highest BCUT2D eigenvalue weighted by atomic mass is 16.1. The summed E-state index contributed by atoms with van der Waals surface area (Å²) in [5.41, 5.74) is 2.47. The van der Waals surface area contributed by atoms with Crippen molar-refractivity contribution in [3.8, 4) is 0 Å². The molecule has 17 heavy (non-hydrogen) atoms. The molecule has 1 rings (SSSR count). The molecule has 0 aliphatic carbocycles. The maximum atomic E-state index is 11.4. The zero-order valence-electron chi connectivity index (χ0n) is 10.8. The summed E-state index contributed by atoms with van der Waals surface area (Å²) >= 11 is 0. The lowest BCUT2D eigenvalue weighted by Gasteiger charge is -2.06. The van der Waals surface area contributed by atoms with Gasteiger partial charge in [-0.15, -0.1) is 0 Å². The number of carbonyl (C=O) groups is 1. The molecule has 94 valence electrons. The molecule has 0 aliphatic heterocycles. The third kappa shape index (κ3) is 5.50. The Morgan fingerprint density at radius 1 is 1.12 bits per heavy atom. The minimum absolute atomic E-state index is 0.0537. The van der Waals surface area contributed by atoms with Gasteiger partial charge in [-0.2, -0.15) is 0 Å².